The Bertz CT molecular complexity index is 1510. The molecule has 6 rings (SSSR count). The number of aryl methyl sites for hydroxylation is 1. The van der Waals surface area contributed by atoms with Gasteiger partial charge in [0.25, 0.3) is 0 Å². The van der Waals surface area contributed by atoms with Gasteiger partial charge in [-0.25, -0.2) is 4.68 Å². The van der Waals surface area contributed by atoms with E-state index in [1.54, 1.807) is 0 Å². The van der Waals surface area contributed by atoms with Gasteiger partial charge >= 0.3 is 0 Å². The second kappa shape index (κ2) is 9.71. The monoisotopic (exact) mass is 477 g/mol. The molecular weight excluding hydrogens is 450 g/mol. The molecule has 0 spiro atoms. The van der Waals surface area contributed by atoms with Crippen LogP contribution in [0.1, 0.15) is 22.3 Å². The lowest BCUT2D eigenvalue weighted by Gasteiger charge is -2.35. The van der Waals surface area contributed by atoms with E-state index in [-0.39, 0.29) is 0 Å². The quantitative estimate of drug-likeness (QED) is 0.230. The van der Waals surface area contributed by atoms with Crippen molar-refractivity contribution in [1.82, 2.24) is 15.0 Å². The molecule has 0 N–H and O–H groups in total. The molecule has 0 amide bonds. The maximum Gasteiger partial charge on any atom is 0.139 e. The van der Waals surface area contributed by atoms with Gasteiger partial charge in [0.1, 0.15) is 11.2 Å². The highest BCUT2D eigenvalue weighted by Gasteiger charge is 2.39. The molecule has 0 saturated carbocycles. The zero-order chi connectivity index (χ0) is 25.1. The molecule has 1 heterocycles. The van der Waals surface area contributed by atoms with Crippen molar-refractivity contribution in [2.75, 3.05) is 0 Å². The summed E-state index contributed by atoms with van der Waals surface area (Å²) >= 11 is 0. The minimum atomic E-state index is -0.687. The van der Waals surface area contributed by atoms with Crippen LogP contribution in [0.3, 0.4) is 0 Å². The van der Waals surface area contributed by atoms with Gasteiger partial charge in [-0.2, -0.15) is 0 Å². The number of benzene rings is 5. The summed E-state index contributed by atoms with van der Waals surface area (Å²) < 4.78 is 2.02. The van der Waals surface area contributed by atoms with Crippen molar-refractivity contribution >= 4 is 0 Å². The van der Waals surface area contributed by atoms with Crippen LogP contribution in [0.2, 0.25) is 0 Å². The average molecular weight is 478 g/mol. The summed E-state index contributed by atoms with van der Waals surface area (Å²) in [5.74, 6) is 0. The first kappa shape index (κ1) is 22.7. The smallest absolute Gasteiger partial charge is 0.139 e. The molecular formula is C34H27N3. The third-order valence-electron chi connectivity index (χ3n) is 6.98. The van der Waals surface area contributed by atoms with Crippen molar-refractivity contribution in [3.05, 3.63) is 168 Å². The summed E-state index contributed by atoms with van der Waals surface area (Å²) in [5.41, 5.74) is 8.11. The van der Waals surface area contributed by atoms with E-state index in [0.717, 1.165) is 39.1 Å². The van der Waals surface area contributed by atoms with Crippen molar-refractivity contribution in [3.63, 3.8) is 0 Å². The lowest BCUT2D eigenvalue weighted by Crippen LogP contribution is -2.38. The van der Waals surface area contributed by atoms with Crippen LogP contribution in [-0.2, 0) is 5.54 Å². The van der Waals surface area contributed by atoms with Crippen molar-refractivity contribution in [2.24, 2.45) is 0 Å². The van der Waals surface area contributed by atoms with Crippen LogP contribution in [0.5, 0.6) is 0 Å². The fourth-order valence-corrected chi connectivity index (χ4v) is 5.18. The minimum Gasteiger partial charge on any atom is -0.232 e. The topological polar surface area (TPSA) is 30.7 Å². The largest absolute Gasteiger partial charge is 0.232 e. The van der Waals surface area contributed by atoms with Gasteiger partial charge in [-0.05, 0) is 34.7 Å². The predicted molar refractivity (Wildman–Crippen MR) is 150 cm³/mol. The van der Waals surface area contributed by atoms with Crippen molar-refractivity contribution in [3.8, 4) is 22.4 Å². The molecule has 0 aliphatic heterocycles. The van der Waals surface area contributed by atoms with E-state index in [0.29, 0.717) is 0 Å². The van der Waals surface area contributed by atoms with Gasteiger partial charge in [-0.1, -0.05) is 150 Å². The van der Waals surface area contributed by atoms with Crippen LogP contribution in [-0.4, -0.2) is 15.0 Å². The van der Waals surface area contributed by atoms with E-state index >= 15 is 0 Å². The maximum atomic E-state index is 4.81. The average Bonchev–Trinajstić information content (AvgIpc) is 3.46. The molecule has 0 atom stereocenters. The second-order valence-electron chi connectivity index (χ2n) is 9.27. The van der Waals surface area contributed by atoms with E-state index in [1.807, 2.05) is 4.68 Å². The molecule has 6 aromatic rings. The van der Waals surface area contributed by atoms with Gasteiger partial charge in [0.05, 0.1) is 6.20 Å². The fourth-order valence-electron chi connectivity index (χ4n) is 5.18. The zero-order valence-corrected chi connectivity index (χ0v) is 20.7. The molecule has 1 aromatic heterocycles. The molecule has 0 bridgehead atoms. The van der Waals surface area contributed by atoms with E-state index in [2.05, 4.69) is 153 Å². The highest BCUT2D eigenvalue weighted by molar-refractivity contribution is 5.81. The standard InChI is InChI=1S/C34H27N3/c1-26-21-23-27(24-22-26)31-19-11-12-20-32(31)33-25-37(36-35-33)34(28-13-5-2-6-14-28,29-15-7-3-8-16-29)30-17-9-4-10-18-30/h2-25H,1H3. The van der Waals surface area contributed by atoms with Crippen LogP contribution in [0.25, 0.3) is 22.4 Å². The van der Waals surface area contributed by atoms with E-state index in [1.165, 1.54) is 5.56 Å². The first-order valence-corrected chi connectivity index (χ1v) is 12.5. The summed E-state index contributed by atoms with van der Waals surface area (Å²) in [4.78, 5) is 0. The van der Waals surface area contributed by atoms with Crippen LogP contribution in [0.15, 0.2) is 146 Å². The molecule has 0 radical (unpaired) electrons. The maximum absolute atomic E-state index is 4.81. The van der Waals surface area contributed by atoms with Crippen LogP contribution in [0.4, 0.5) is 0 Å². The molecule has 0 aliphatic rings. The van der Waals surface area contributed by atoms with Crippen LogP contribution >= 0.6 is 0 Å². The Morgan fingerprint density at radius 1 is 0.514 bits per heavy atom. The summed E-state index contributed by atoms with van der Waals surface area (Å²) in [7, 11) is 0. The normalized spacial score (nSPS) is 11.4. The zero-order valence-electron chi connectivity index (χ0n) is 20.7. The Morgan fingerprint density at radius 3 is 1.49 bits per heavy atom. The number of aromatic nitrogens is 3. The highest BCUT2D eigenvalue weighted by Crippen LogP contribution is 2.41. The third-order valence-corrected chi connectivity index (χ3v) is 6.98. The molecule has 0 fully saturated rings. The number of nitrogens with zero attached hydrogens (tertiary/aromatic N) is 3. The Hall–Kier alpha value is -4.76. The predicted octanol–water partition coefficient (Wildman–Crippen LogP) is 7.76. The second-order valence-corrected chi connectivity index (χ2v) is 9.27. The number of hydrogen-bond donors (Lipinski definition) is 0. The first-order chi connectivity index (χ1) is 18.3. The van der Waals surface area contributed by atoms with Crippen LogP contribution in [0, 0.1) is 6.92 Å². The van der Waals surface area contributed by atoms with E-state index < -0.39 is 5.54 Å². The van der Waals surface area contributed by atoms with Gasteiger partial charge in [-0.3, -0.25) is 0 Å². The number of rotatable bonds is 6. The Morgan fingerprint density at radius 2 is 0.973 bits per heavy atom. The summed E-state index contributed by atoms with van der Waals surface area (Å²) in [6, 6.07) is 48.7. The summed E-state index contributed by atoms with van der Waals surface area (Å²) in [6.07, 6.45) is 2.08. The van der Waals surface area contributed by atoms with Gasteiger partial charge in [0.2, 0.25) is 0 Å². The molecule has 0 aliphatic carbocycles. The van der Waals surface area contributed by atoms with Gasteiger partial charge in [0.15, 0.2) is 0 Å². The van der Waals surface area contributed by atoms with Crippen LogP contribution < -0.4 is 0 Å². The third kappa shape index (κ3) is 4.05. The molecule has 37 heavy (non-hydrogen) atoms. The molecule has 0 saturated heterocycles. The van der Waals surface area contributed by atoms with Gasteiger partial charge in [0, 0.05) is 5.56 Å². The Balaban J connectivity index is 1.59. The van der Waals surface area contributed by atoms with Crippen molar-refractivity contribution in [1.29, 1.82) is 0 Å². The van der Waals surface area contributed by atoms with E-state index in [4.69, 9.17) is 10.3 Å². The molecule has 3 heteroatoms. The molecule has 0 unspecified atom stereocenters. The van der Waals surface area contributed by atoms with Gasteiger partial charge < -0.3 is 0 Å². The summed E-state index contributed by atoms with van der Waals surface area (Å²) in [5, 5.41) is 9.56. The molecule has 5 aromatic carbocycles. The van der Waals surface area contributed by atoms with Gasteiger partial charge in [-0.15, -0.1) is 5.10 Å². The lowest BCUT2D eigenvalue weighted by molar-refractivity contribution is 0.446. The fraction of sp³-hybridized carbons (Fsp3) is 0.0588. The molecule has 178 valence electrons. The van der Waals surface area contributed by atoms with E-state index in [9.17, 15) is 0 Å². The Labute approximate surface area is 217 Å². The van der Waals surface area contributed by atoms with Crippen molar-refractivity contribution in [2.45, 2.75) is 12.5 Å². The van der Waals surface area contributed by atoms with Crippen molar-refractivity contribution < 1.29 is 0 Å². The Kier molecular flexibility index (Phi) is 5.95. The first-order valence-electron chi connectivity index (χ1n) is 12.5. The summed E-state index contributed by atoms with van der Waals surface area (Å²) in [6.45, 7) is 2.11. The minimum absolute atomic E-state index is 0.687. The highest BCUT2D eigenvalue weighted by atomic mass is 15.5. The SMILES string of the molecule is Cc1ccc(-c2ccccc2-c2cn(C(c3ccccc3)(c3ccccc3)c3ccccc3)nn2)cc1. The number of hydrogen-bond acceptors (Lipinski definition) is 2. The molecule has 3 nitrogen and oxygen atoms in total. The lowest BCUT2D eigenvalue weighted by atomic mass is 9.77.